The molecule has 0 rings (SSSR count). The highest BCUT2D eigenvalue weighted by Crippen LogP contribution is 2.06. The summed E-state index contributed by atoms with van der Waals surface area (Å²) in [5.74, 6) is -5.71. The Morgan fingerprint density at radius 2 is 0.709 bits per heavy atom. The molecule has 55 heavy (non-hydrogen) atoms. The normalized spacial score (nSPS) is 13.8. The Labute approximate surface area is 319 Å². The summed E-state index contributed by atoms with van der Waals surface area (Å²) in [4.78, 5) is 78.3. The molecule has 25 nitrogen and oxygen atoms in total. The Kier molecular flexibility index (Phi) is 23.6. The third-order valence-corrected chi connectivity index (χ3v) is 7.66. The van der Waals surface area contributed by atoms with Gasteiger partial charge in [0.25, 0.3) is 0 Å². The number of hydrogen-bond donors (Lipinski definition) is 19. The number of amides is 6. The molecule has 0 aliphatic heterocycles. The molecule has 0 fully saturated rings. The van der Waals surface area contributed by atoms with Crippen molar-refractivity contribution in [2.45, 2.75) is 101 Å². The number of nitrogens with one attached hydrogen (secondary N) is 13. The Morgan fingerprint density at radius 3 is 1.00 bits per heavy atom. The van der Waals surface area contributed by atoms with Crippen LogP contribution in [-0.4, -0.2) is 122 Å². The summed E-state index contributed by atoms with van der Waals surface area (Å²) in [6, 6.07) is -6.96. The van der Waals surface area contributed by atoms with Crippen molar-refractivity contribution in [1.82, 2.24) is 47.9 Å². The summed E-state index contributed by atoms with van der Waals surface area (Å²) in [5.41, 5.74) is 32.4. The molecular formula is C30H61N19O6. The van der Waals surface area contributed by atoms with Crippen LogP contribution in [0.3, 0.4) is 0 Å². The molecule has 0 aromatic carbocycles. The fourth-order valence-corrected chi connectivity index (χ4v) is 4.73. The maximum Gasteiger partial charge on any atom is 0.243 e. The summed E-state index contributed by atoms with van der Waals surface area (Å²) in [7, 11) is 0. The predicted octanol–water partition coefficient (Wildman–Crippen LogP) is -6.68. The second-order valence-electron chi connectivity index (χ2n) is 12.6. The first-order valence-corrected chi connectivity index (χ1v) is 17.6. The molecule has 0 spiro atoms. The maximum absolute atomic E-state index is 13.8. The van der Waals surface area contributed by atoms with Crippen molar-refractivity contribution < 1.29 is 28.8 Å². The molecule has 0 aromatic heterocycles. The van der Waals surface area contributed by atoms with Gasteiger partial charge in [-0.1, -0.05) is 0 Å². The topological polar surface area (TPSA) is 462 Å². The monoisotopic (exact) mass is 784 g/mol. The van der Waals surface area contributed by atoms with Crippen LogP contribution in [0.4, 0.5) is 0 Å². The lowest BCUT2D eigenvalue weighted by Crippen LogP contribution is -2.59. The molecule has 0 aliphatic carbocycles. The zero-order valence-electron chi connectivity index (χ0n) is 31.4. The predicted molar refractivity (Wildman–Crippen MR) is 205 cm³/mol. The third-order valence-electron chi connectivity index (χ3n) is 7.66. The average molecular weight is 784 g/mol. The molecule has 0 heterocycles. The number of nitrogens with two attached hydrogens (primary N) is 6. The first-order chi connectivity index (χ1) is 25.7. The van der Waals surface area contributed by atoms with E-state index in [2.05, 4.69) is 47.9 Å². The molecule has 312 valence electrons. The summed E-state index contributed by atoms with van der Waals surface area (Å²) in [6.07, 6.45) is 1.23. The fraction of sp³-hybridized carbons (Fsp3) is 0.667. The van der Waals surface area contributed by atoms with E-state index < -0.39 is 71.7 Å². The second kappa shape index (κ2) is 26.6. The lowest BCUT2D eigenvalue weighted by atomic mass is 10.0. The lowest BCUT2D eigenvalue weighted by molar-refractivity contribution is -0.135. The number of carbonyl (C=O) groups is 6. The van der Waals surface area contributed by atoms with Crippen molar-refractivity contribution in [3.8, 4) is 0 Å². The van der Waals surface area contributed by atoms with Crippen molar-refractivity contribution in [1.29, 1.82) is 21.6 Å². The lowest BCUT2D eigenvalue weighted by Gasteiger charge is -2.27. The van der Waals surface area contributed by atoms with Gasteiger partial charge in [0, 0.05) is 26.2 Å². The Hall–Kier alpha value is -6.14. The number of hydrogen-bond acceptors (Lipinski definition) is 11. The molecule has 0 unspecified atom stereocenters. The van der Waals surface area contributed by atoms with Crippen LogP contribution < -0.4 is 82.3 Å². The molecule has 6 atom stereocenters. The Morgan fingerprint density at radius 1 is 0.436 bits per heavy atom. The van der Waals surface area contributed by atoms with Crippen LogP contribution in [0.1, 0.15) is 65.2 Å². The van der Waals surface area contributed by atoms with E-state index >= 15 is 0 Å². The molecule has 0 aliphatic rings. The highest BCUT2D eigenvalue weighted by molar-refractivity contribution is 5.96. The van der Waals surface area contributed by atoms with E-state index in [0.29, 0.717) is 6.42 Å². The van der Waals surface area contributed by atoms with Crippen molar-refractivity contribution in [2.75, 3.05) is 26.2 Å². The van der Waals surface area contributed by atoms with E-state index in [1.807, 2.05) is 0 Å². The van der Waals surface area contributed by atoms with Gasteiger partial charge in [0.1, 0.15) is 30.2 Å². The summed E-state index contributed by atoms with van der Waals surface area (Å²) < 4.78 is 0. The van der Waals surface area contributed by atoms with E-state index in [1.54, 1.807) is 0 Å². The van der Waals surface area contributed by atoms with E-state index in [-0.39, 0.29) is 95.0 Å². The van der Waals surface area contributed by atoms with Gasteiger partial charge >= 0.3 is 0 Å². The quantitative estimate of drug-likeness (QED) is 0.0209. The molecule has 6 amide bonds. The molecule has 25 N–H and O–H groups in total. The molecule has 25 heteroatoms. The standard InChI is InChI=1S/C30H61N19O6/c1-15(31)22(51)47-19(9-5-13-43-29(37)38)25(54)49-20(10-6-14-44-30(39)40)26(55)48-18(8-4-12-42-28(35)36)24(53)45-16(2)23(52)46-17(21(32)50)7-3-11-41-27(33)34/h15-20H,3-14,31H2,1-2H3,(H2,32,50)(H,45,53)(H,46,52)(H,47,51)(H,48,55)(H,49,54)(H4,33,34,41)(H4,35,36,42)(H4,37,38,43)(H4,39,40,44)/t15-,16-,17-,18-,19-,20-/m1/s1. The van der Waals surface area contributed by atoms with Gasteiger partial charge in [-0.3, -0.25) is 50.4 Å². The van der Waals surface area contributed by atoms with Gasteiger partial charge in [0.15, 0.2) is 23.8 Å². The van der Waals surface area contributed by atoms with Crippen LogP contribution in [0.2, 0.25) is 0 Å². The van der Waals surface area contributed by atoms with Crippen molar-refractivity contribution in [3.05, 3.63) is 0 Å². The van der Waals surface area contributed by atoms with Crippen LogP contribution in [0.15, 0.2) is 0 Å². The molecule has 0 bridgehead atoms. The van der Waals surface area contributed by atoms with Gasteiger partial charge in [-0.2, -0.15) is 0 Å². The van der Waals surface area contributed by atoms with E-state index in [4.69, 9.17) is 56.0 Å². The van der Waals surface area contributed by atoms with Crippen LogP contribution in [0.25, 0.3) is 0 Å². The van der Waals surface area contributed by atoms with Gasteiger partial charge in [-0.25, -0.2) is 0 Å². The molecule has 0 radical (unpaired) electrons. The number of guanidine groups is 4. The highest BCUT2D eigenvalue weighted by Gasteiger charge is 2.31. The Balaban J connectivity index is 6.12. The minimum Gasteiger partial charge on any atom is -0.370 e. The second-order valence-corrected chi connectivity index (χ2v) is 12.6. The van der Waals surface area contributed by atoms with E-state index in [9.17, 15) is 28.8 Å². The number of rotatable bonds is 27. The smallest absolute Gasteiger partial charge is 0.243 e. The van der Waals surface area contributed by atoms with Crippen LogP contribution in [0, 0.1) is 21.6 Å². The van der Waals surface area contributed by atoms with E-state index in [1.165, 1.54) is 13.8 Å². The highest BCUT2D eigenvalue weighted by atomic mass is 16.2. The zero-order valence-corrected chi connectivity index (χ0v) is 31.4. The molecular weight excluding hydrogens is 722 g/mol. The minimum atomic E-state index is -1.28. The van der Waals surface area contributed by atoms with Gasteiger partial charge in [0.2, 0.25) is 35.4 Å². The Bertz CT molecular complexity index is 1350. The first-order valence-electron chi connectivity index (χ1n) is 17.6. The van der Waals surface area contributed by atoms with Crippen molar-refractivity contribution in [3.63, 3.8) is 0 Å². The van der Waals surface area contributed by atoms with Crippen LogP contribution >= 0.6 is 0 Å². The van der Waals surface area contributed by atoms with Gasteiger partial charge in [-0.15, -0.1) is 0 Å². The van der Waals surface area contributed by atoms with Crippen molar-refractivity contribution >= 4 is 59.3 Å². The van der Waals surface area contributed by atoms with Crippen LogP contribution in [-0.2, 0) is 28.8 Å². The minimum absolute atomic E-state index is 0.00676. The van der Waals surface area contributed by atoms with Gasteiger partial charge in [0.05, 0.1) is 6.04 Å². The molecule has 0 saturated heterocycles. The van der Waals surface area contributed by atoms with Crippen LogP contribution in [0.5, 0.6) is 0 Å². The summed E-state index contributed by atoms with van der Waals surface area (Å²) in [5, 5.41) is 52.4. The SMILES string of the molecule is C[C@@H](N)C(=O)N[C@H](CCCNC(=N)N)C(=O)N[C@H](CCCNC(=N)N)C(=O)N[C@H](CCCNC(=N)N)C(=O)N[C@H](C)C(=O)N[C@H](CCCNC(=N)N)C(N)=O. The maximum atomic E-state index is 13.8. The average Bonchev–Trinajstić information content (AvgIpc) is 3.08. The third kappa shape index (κ3) is 23.2. The van der Waals surface area contributed by atoms with Crippen molar-refractivity contribution in [2.24, 2.45) is 34.4 Å². The van der Waals surface area contributed by atoms with Gasteiger partial charge in [-0.05, 0) is 65.2 Å². The zero-order chi connectivity index (χ0) is 42.1. The molecule has 0 saturated carbocycles. The van der Waals surface area contributed by atoms with Gasteiger partial charge < -0.3 is 82.3 Å². The first kappa shape index (κ1) is 48.9. The largest absolute Gasteiger partial charge is 0.370 e. The number of primary amides is 1. The summed E-state index contributed by atoms with van der Waals surface area (Å²) >= 11 is 0. The summed E-state index contributed by atoms with van der Waals surface area (Å²) in [6.45, 7) is 3.54. The number of carbonyl (C=O) groups excluding carboxylic acids is 6. The van der Waals surface area contributed by atoms with E-state index in [0.717, 1.165) is 0 Å². The fourth-order valence-electron chi connectivity index (χ4n) is 4.73. The molecule has 0 aromatic rings.